The first-order valence-electron chi connectivity index (χ1n) is 14.0. The highest BCUT2D eigenvalue weighted by molar-refractivity contribution is 5.93. The van der Waals surface area contributed by atoms with Crippen molar-refractivity contribution in [3.8, 4) is 0 Å². The first-order valence-corrected chi connectivity index (χ1v) is 14.0. The predicted molar refractivity (Wildman–Crippen MR) is 144 cm³/mol. The van der Waals surface area contributed by atoms with Crippen molar-refractivity contribution in [2.75, 3.05) is 13.1 Å². The lowest BCUT2D eigenvalue weighted by Gasteiger charge is -2.33. The number of amides is 2. The van der Waals surface area contributed by atoms with Gasteiger partial charge in [0, 0.05) is 31.5 Å². The van der Waals surface area contributed by atoms with Gasteiger partial charge in [-0.25, -0.2) is 27.6 Å². The number of imidazole rings is 1. The number of halogens is 3. The summed E-state index contributed by atoms with van der Waals surface area (Å²) in [5.41, 5.74) is -2.53. The van der Waals surface area contributed by atoms with Crippen LogP contribution < -0.4 is 5.32 Å². The Morgan fingerprint density at radius 3 is 2.49 bits per heavy atom. The lowest BCUT2D eigenvalue weighted by Crippen LogP contribution is -2.42. The third kappa shape index (κ3) is 5.89. The van der Waals surface area contributed by atoms with Crippen molar-refractivity contribution < 1.29 is 42.0 Å². The summed E-state index contributed by atoms with van der Waals surface area (Å²) in [6.07, 6.45) is -1.39. The standard InChI is InChI=1S/C28H33F3N6O6/c1-14-19(36-43-35-14)23(38)34-20(15-7-9-28(30,31)10-8-15)22-32-17-6-5-16(18(29)21(17)33-22)27(24(39)40)11-12-37(13-27)25(41)42-26(2,3)4/h5-6,15,20H,7-13H2,1-4H3,(H,32,33)(H,34,38)(H,39,40)/t20-,27?/m0/s1. The van der Waals surface area contributed by atoms with Crippen LogP contribution in [0.25, 0.3) is 11.0 Å². The van der Waals surface area contributed by atoms with Crippen LogP contribution in [0, 0.1) is 18.7 Å². The third-order valence-corrected chi connectivity index (χ3v) is 8.14. The number of nitrogens with zero attached hydrogens (tertiary/aromatic N) is 4. The maximum atomic E-state index is 16.2. The van der Waals surface area contributed by atoms with E-state index in [1.165, 1.54) is 24.0 Å². The summed E-state index contributed by atoms with van der Waals surface area (Å²) in [5.74, 6) is -6.04. The summed E-state index contributed by atoms with van der Waals surface area (Å²) in [6.45, 7) is 6.31. The number of nitrogens with one attached hydrogen (secondary N) is 2. The van der Waals surface area contributed by atoms with Crippen molar-refractivity contribution in [3.05, 3.63) is 40.7 Å². The zero-order chi connectivity index (χ0) is 31.3. The molecule has 1 aliphatic carbocycles. The summed E-state index contributed by atoms with van der Waals surface area (Å²) < 4.78 is 54.2. The number of aryl methyl sites for hydroxylation is 1. The smallest absolute Gasteiger partial charge is 0.410 e. The van der Waals surface area contributed by atoms with Crippen LogP contribution in [0.3, 0.4) is 0 Å². The van der Waals surface area contributed by atoms with Gasteiger partial charge in [0.25, 0.3) is 5.91 Å². The van der Waals surface area contributed by atoms with Crippen molar-refractivity contribution in [1.29, 1.82) is 0 Å². The minimum absolute atomic E-state index is 0.0429. The molecule has 2 atom stereocenters. The van der Waals surface area contributed by atoms with Crippen LogP contribution in [-0.4, -0.2) is 72.9 Å². The number of carboxylic acids is 1. The number of benzene rings is 1. The molecule has 5 rings (SSSR count). The maximum absolute atomic E-state index is 16.2. The van der Waals surface area contributed by atoms with E-state index in [1.807, 2.05) is 0 Å². The van der Waals surface area contributed by atoms with Gasteiger partial charge in [-0.3, -0.25) is 9.59 Å². The predicted octanol–water partition coefficient (Wildman–Crippen LogP) is 4.65. The number of likely N-dealkylation sites (tertiary alicyclic amines) is 1. The van der Waals surface area contributed by atoms with E-state index in [-0.39, 0.29) is 79.0 Å². The number of alkyl halides is 2. The van der Waals surface area contributed by atoms with Crippen molar-refractivity contribution >= 4 is 29.0 Å². The summed E-state index contributed by atoms with van der Waals surface area (Å²) >= 11 is 0. The molecule has 15 heteroatoms. The molecule has 2 aromatic heterocycles. The molecule has 232 valence electrons. The molecule has 1 aliphatic heterocycles. The highest BCUT2D eigenvalue weighted by Gasteiger charge is 2.50. The minimum atomic E-state index is -2.83. The molecule has 12 nitrogen and oxygen atoms in total. The monoisotopic (exact) mass is 606 g/mol. The second-order valence-electron chi connectivity index (χ2n) is 12.3. The number of aliphatic carboxylic acids is 1. The van der Waals surface area contributed by atoms with E-state index in [1.54, 1.807) is 20.8 Å². The number of carbonyl (C=O) groups excluding carboxylic acids is 2. The van der Waals surface area contributed by atoms with Gasteiger partial charge in [0.1, 0.15) is 28.1 Å². The number of hydrogen-bond acceptors (Lipinski definition) is 8. The Morgan fingerprint density at radius 1 is 1.19 bits per heavy atom. The Kier molecular flexibility index (Phi) is 7.63. The number of aromatic amines is 1. The molecule has 1 unspecified atom stereocenters. The van der Waals surface area contributed by atoms with E-state index in [2.05, 4.69) is 30.2 Å². The Morgan fingerprint density at radius 2 is 1.88 bits per heavy atom. The second kappa shape index (κ2) is 10.8. The first-order chi connectivity index (χ1) is 20.1. The van der Waals surface area contributed by atoms with Crippen LogP contribution in [0.1, 0.15) is 86.5 Å². The van der Waals surface area contributed by atoms with Gasteiger partial charge in [-0.05, 0) is 64.1 Å². The van der Waals surface area contributed by atoms with Gasteiger partial charge in [-0.1, -0.05) is 11.2 Å². The molecule has 0 spiro atoms. The quantitative estimate of drug-likeness (QED) is 0.362. The normalized spacial score (nSPS) is 21.6. The Balaban J connectivity index is 1.49. The molecular weight excluding hydrogens is 573 g/mol. The number of carbonyl (C=O) groups is 3. The number of ether oxygens (including phenoxy) is 1. The molecule has 2 amide bonds. The molecule has 3 heterocycles. The van der Waals surface area contributed by atoms with Crippen molar-refractivity contribution in [2.45, 2.75) is 82.8 Å². The van der Waals surface area contributed by atoms with Gasteiger partial charge in [0.2, 0.25) is 5.92 Å². The number of hydrogen-bond donors (Lipinski definition) is 3. The zero-order valence-electron chi connectivity index (χ0n) is 24.2. The molecule has 2 aliphatic rings. The molecule has 1 saturated carbocycles. The van der Waals surface area contributed by atoms with Gasteiger partial charge >= 0.3 is 12.1 Å². The van der Waals surface area contributed by atoms with Crippen LogP contribution in [0.4, 0.5) is 18.0 Å². The van der Waals surface area contributed by atoms with Crippen molar-refractivity contribution in [1.82, 2.24) is 30.5 Å². The Labute approximate surface area is 244 Å². The van der Waals surface area contributed by atoms with Crippen LogP contribution in [-0.2, 0) is 14.9 Å². The fourth-order valence-corrected chi connectivity index (χ4v) is 5.83. The van der Waals surface area contributed by atoms with Crippen LogP contribution in [0.15, 0.2) is 16.8 Å². The van der Waals surface area contributed by atoms with Gasteiger partial charge in [-0.2, -0.15) is 0 Å². The fraction of sp³-hybridized carbons (Fsp3) is 0.571. The van der Waals surface area contributed by atoms with Crippen molar-refractivity contribution in [3.63, 3.8) is 0 Å². The third-order valence-electron chi connectivity index (χ3n) is 8.14. The Bertz CT molecular complexity index is 1560. The summed E-state index contributed by atoms with van der Waals surface area (Å²) in [7, 11) is 0. The molecule has 1 saturated heterocycles. The molecule has 2 fully saturated rings. The molecule has 3 aromatic rings. The fourth-order valence-electron chi connectivity index (χ4n) is 5.83. The number of carboxylic acid groups (broad SMARTS) is 1. The molecule has 1 aromatic carbocycles. The lowest BCUT2D eigenvalue weighted by atomic mass is 9.79. The van der Waals surface area contributed by atoms with E-state index in [0.29, 0.717) is 0 Å². The van der Waals surface area contributed by atoms with Crippen LogP contribution in [0.5, 0.6) is 0 Å². The van der Waals surface area contributed by atoms with Crippen molar-refractivity contribution in [2.24, 2.45) is 5.92 Å². The molecule has 0 bridgehead atoms. The number of rotatable bonds is 6. The van der Waals surface area contributed by atoms with E-state index in [9.17, 15) is 28.3 Å². The van der Waals surface area contributed by atoms with Gasteiger partial charge in [0.15, 0.2) is 11.5 Å². The average Bonchev–Trinajstić information content (AvgIpc) is 3.65. The van der Waals surface area contributed by atoms with Crippen LogP contribution >= 0.6 is 0 Å². The van der Waals surface area contributed by atoms with E-state index in [4.69, 9.17) is 4.74 Å². The molecule has 3 N–H and O–H groups in total. The maximum Gasteiger partial charge on any atom is 0.410 e. The number of aromatic nitrogens is 4. The van der Waals surface area contributed by atoms with E-state index >= 15 is 4.39 Å². The first kappa shape index (κ1) is 30.3. The van der Waals surface area contributed by atoms with E-state index in [0.717, 1.165) is 0 Å². The Hall–Kier alpha value is -4.17. The van der Waals surface area contributed by atoms with Crippen LogP contribution in [0.2, 0.25) is 0 Å². The lowest BCUT2D eigenvalue weighted by molar-refractivity contribution is -0.143. The summed E-state index contributed by atoms with van der Waals surface area (Å²) in [6, 6.07) is 1.90. The highest BCUT2D eigenvalue weighted by atomic mass is 19.3. The van der Waals surface area contributed by atoms with E-state index < -0.39 is 52.7 Å². The number of fused-ring (bicyclic) bond motifs is 1. The topological polar surface area (TPSA) is 164 Å². The number of H-pyrrole nitrogens is 1. The SMILES string of the molecule is Cc1nonc1C(=O)N[C@H](c1nc2c(F)c(C3(C(=O)O)CCN(C(=O)OC(C)(C)C)C3)ccc2[nH]1)C1CCC(F)(F)CC1. The second-order valence-corrected chi connectivity index (χ2v) is 12.3. The zero-order valence-corrected chi connectivity index (χ0v) is 24.2. The van der Waals surface area contributed by atoms with Gasteiger partial charge in [-0.15, -0.1) is 0 Å². The highest BCUT2D eigenvalue weighted by Crippen LogP contribution is 2.42. The molecular formula is C28H33F3N6O6. The average molecular weight is 607 g/mol. The summed E-state index contributed by atoms with van der Waals surface area (Å²) in [4.78, 5) is 46.9. The largest absolute Gasteiger partial charge is 0.481 e. The minimum Gasteiger partial charge on any atom is -0.481 e. The molecule has 43 heavy (non-hydrogen) atoms. The summed E-state index contributed by atoms with van der Waals surface area (Å²) in [5, 5.41) is 20.2. The molecule has 0 radical (unpaired) electrons. The van der Waals surface area contributed by atoms with Gasteiger partial charge in [0.05, 0.1) is 11.6 Å². The van der Waals surface area contributed by atoms with Gasteiger partial charge < -0.3 is 25.0 Å².